The lowest BCUT2D eigenvalue weighted by Crippen LogP contribution is -2.35. The third kappa shape index (κ3) is 7.79. The monoisotopic (exact) mass is 376 g/mol. The van der Waals surface area contributed by atoms with Crippen LogP contribution in [-0.2, 0) is 11.2 Å². The predicted molar refractivity (Wildman–Crippen MR) is 110 cm³/mol. The largest absolute Gasteiger partial charge is 0.490 e. The molecule has 1 aromatic carbocycles. The normalized spacial score (nSPS) is 15.5. The molecule has 1 aromatic rings. The fourth-order valence-electron chi connectivity index (χ4n) is 3.41. The first-order valence-corrected chi connectivity index (χ1v) is 10.5. The van der Waals surface area contributed by atoms with Gasteiger partial charge in [-0.1, -0.05) is 13.0 Å². The van der Waals surface area contributed by atoms with Crippen molar-refractivity contribution >= 4 is 5.91 Å². The van der Waals surface area contributed by atoms with Crippen molar-refractivity contribution in [3.63, 3.8) is 0 Å². The number of nitrogens with one attached hydrogen (secondary N) is 1. The van der Waals surface area contributed by atoms with E-state index in [4.69, 9.17) is 9.47 Å². The molecule has 0 aliphatic carbocycles. The number of nitrogens with zero attached hydrogens (tertiary/aromatic N) is 1. The lowest BCUT2D eigenvalue weighted by molar-refractivity contribution is -0.121. The maximum absolute atomic E-state index is 12.1. The van der Waals surface area contributed by atoms with Crippen molar-refractivity contribution in [3.05, 3.63) is 23.8 Å². The van der Waals surface area contributed by atoms with Crippen LogP contribution < -0.4 is 14.8 Å². The minimum Gasteiger partial charge on any atom is -0.490 e. The highest BCUT2D eigenvalue weighted by Crippen LogP contribution is 2.29. The fraction of sp³-hybridized carbons (Fsp3) is 0.682. The van der Waals surface area contributed by atoms with Crippen LogP contribution in [0.1, 0.15) is 52.0 Å². The molecule has 0 bridgehead atoms. The maximum atomic E-state index is 12.1. The number of aryl methyl sites for hydroxylation is 1. The van der Waals surface area contributed by atoms with Gasteiger partial charge in [0.25, 0.3) is 0 Å². The smallest absolute Gasteiger partial charge is 0.220 e. The summed E-state index contributed by atoms with van der Waals surface area (Å²) in [6.45, 7) is 11.7. The number of benzene rings is 1. The summed E-state index contributed by atoms with van der Waals surface area (Å²) in [5.74, 6) is 2.51. The Morgan fingerprint density at radius 3 is 2.56 bits per heavy atom. The Morgan fingerprint density at radius 2 is 1.85 bits per heavy atom. The molecular formula is C22H36N2O3. The molecule has 27 heavy (non-hydrogen) atoms. The molecule has 0 saturated carbocycles. The molecule has 2 rings (SSSR count). The number of likely N-dealkylation sites (tertiary alicyclic amines) is 1. The summed E-state index contributed by atoms with van der Waals surface area (Å²) in [6, 6.07) is 5.93. The van der Waals surface area contributed by atoms with Gasteiger partial charge >= 0.3 is 0 Å². The topological polar surface area (TPSA) is 50.8 Å². The first kappa shape index (κ1) is 21.5. The van der Waals surface area contributed by atoms with Crippen LogP contribution >= 0.6 is 0 Å². The number of amides is 1. The summed E-state index contributed by atoms with van der Waals surface area (Å²) in [7, 11) is 0. The molecule has 1 amide bonds. The number of carbonyl (C=O) groups is 1. The van der Waals surface area contributed by atoms with Gasteiger partial charge in [0.1, 0.15) is 0 Å². The SMILES string of the molecule is CCOc1ccc(CCC(=O)NCCCN2CCC(C)CC2)cc1OCC. The second-order valence-corrected chi connectivity index (χ2v) is 7.37. The number of rotatable bonds is 11. The number of carbonyl (C=O) groups excluding carboxylic acids is 1. The summed E-state index contributed by atoms with van der Waals surface area (Å²) >= 11 is 0. The molecule has 5 nitrogen and oxygen atoms in total. The van der Waals surface area contributed by atoms with Crippen LogP contribution in [0.2, 0.25) is 0 Å². The second kappa shape index (κ2) is 11.9. The van der Waals surface area contributed by atoms with Gasteiger partial charge in [-0.25, -0.2) is 0 Å². The quantitative estimate of drug-likeness (QED) is 0.599. The van der Waals surface area contributed by atoms with E-state index in [-0.39, 0.29) is 5.91 Å². The molecule has 0 atom stereocenters. The second-order valence-electron chi connectivity index (χ2n) is 7.37. The zero-order valence-electron chi connectivity index (χ0n) is 17.3. The maximum Gasteiger partial charge on any atom is 0.220 e. The van der Waals surface area contributed by atoms with Crippen molar-refractivity contribution in [1.82, 2.24) is 10.2 Å². The van der Waals surface area contributed by atoms with Crippen LogP contribution in [0.5, 0.6) is 11.5 Å². The molecule has 1 fully saturated rings. The van der Waals surface area contributed by atoms with Gasteiger partial charge in [-0.15, -0.1) is 0 Å². The Morgan fingerprint density at radius 1 is 1.15 bits per heavy atom. The van der Waals surface area contributed by atoms with Crippen LogP contribution in [0.3, 0.4) is 0 Å². The molecular weight excluding hydrogens is 340 g/mol. The van der Waals surface area contributed by atoms with E-state index in [9.17, 15) is 4.79 Å². The van der Waals surface area contributed by atoms with Gasteiger partial charge in [0, 0.05) is 13.0 Å². The molecule has 152 valence electrons. The molecule has 5 heteroatoms. The van der Waals surface area contributed by atoms with Crippen molar-refractivity contribution in [2.45, 2.75) is 52.9 Å². The van der Waals surface area contributed by atoms with Gasteiger partial charge in [-0.2, -0.15) is 0 Å². The molecule has 1 heterocycles. The highest BCUT2D eigenvalue weighted by atomic mass is 16.5. The lowest BCUT2D eigenvalue weighted by Gasteiger charge is -2.30. The number of ether oxygens (including phenoxy) is 2. The number of hydrogen-bond donors (Lipinski definition) is 1. The van der Waals surface area contributed by atoms with Crippen molar-refractivity contribution in [3.8, 4) is 11.5 Å². The average molecular weight is 377 g/mol. The zero-order chi connectivity index (χ0) is 19.5. The Hall–Kier alpha value is -1.75. The molecule has 0 spiro atoms. The number of hydrogen-bond acceptors (Lipinski definition) is 4. The van der Waals surface area contributed by atoms with E-state index in [2.05, 4.69) is 17.1 Å². The van der Waals surface area contributed by atoms with E-state index in [1.807, 2.05) is 32.0 Å². The van der Waals surface area contributed by atoms with Crippen molar-refractivity contribution < 1.29 is 14.3 Å². The van der Waals surface area contributed by atoms with E-state index in [0.717, 1.165) is 42.5 Å². The molecule has 1 saturated heterocycles. The minimum atomic E-state index is 0.120. The Kier molecular flexibility index (Phi) is 9.46. The number of piperidine rings is 1. The third-order valence-corrected chi connectivity index (χ3v) is 5.10. The van der Waals surface area contributed by atoms with Crippen molar-refractivity contribution in [2.24, 2.45) is 5.92 Å². The Balaban J connectivity index is 1.66. The summed E-state index contributed by atoms with van der Waals surface area (Å²) < 4.78 is 11.2. The predicted octanol–water partition coefficient (Wildman–Crippen LogP) is 3.65. The van der Waals surface area contributed by atoms with Crippen LogP contribution in [0.15, 0.2) is 18.2 Å². The van der Waals surface area contributed by atoms with Gasteiger partial charge in [-0.05, 0) is 82.8 Å². The molecule has 1 N–H and O–H groups in total. The summed E-state index contributed by atoms with van der Waals surface area (Å²) in [5, 5.41) is 3.05. The Labute approximate surface area is 164 Å². The molecule has 0 radical (unpaired) electrons. The van der Waals surface area contributed by atoms with Crippen LogP contribution in [0.25, 0.3) is 0 Å². The van der Waals surface area contributed by atoms with Gasteiger partial charge in [0.2, 0.25) is 5.91 Å². The van der Waals surface area contributed by atoms with Crippen molar-refractivity contribution in [2.75, 3.05) is 39.4 Å². The van der Waals surface area contributed by atoms with E-state index < -0.39 is 0 Å². The van der Waals surface area contributed by atoms with Gasteiger partial charge < -0.3 is 19.7 Å². The standard InChI is InChI=1S/C22H36N2O3/c1-4-26-20-9-7-19(17-21(20)27-5-2)8-10-22(25)23-13-6-14-24-15-11-18(3)12-16-24/h7,9,17-18H,4-6,8,10-16H2,1-3H3,(H,23,25). The first-order valence-electron chi connectivity index (χ1n) is 10.5. The lowest BCUT2D eigenvalue weighted by atomic mass is 9.99. The average Bonchev–Trinajstić information content (AvgIpc) is 2.67. The third-order valence-electron chi connectivity index (χ3n) is 5.10. The van der Waals surface area contributed by atoms with E-state index in [1.165, 1.54) is 25.9 Å². The Bertz CT molecular complexity index is 569. The van der Waals surface area contributed by atoms with E-state index >= 15 is 0 Å². The van der Waals surface area contributed by atoms with Crippen molar-refractivity contribution in [1.29, 1.82) is 0 Å². The summed E-state index contributed by atoms with van der Waals surface area (Å²) in [4.78, 5) is 14.6. The summed E-state index contributed by atoms with van der Waals surface area (Å²) in [6.07, 6.45) is 4.84. The highest BCUT2D eigenvalue weighted by molar-refractivity contribution is 5.76. The van der Waals surface area contributed by atoms with Gasteiger partial charge in [-0.3, -0.25) is 4.79 Å². The molecule has 0 aromatic heterocycles. The van der Waals surface area contributed by atoms with E-state index in [1.54, 1.807) is 0 Å². The van der Waals surface area contributed by atoms with Crippen LogP contribution in [-0.4, -0.2) is 50.2 Å². The van der Waals surface area contributed by atoms with Crippen LogP contribution in [0, 0.1) is 5.92 Å². The van der Waals surface area contributed by atoms with E-state index in [0.29, 0.717) is 26.1 Å². The summed E-state index contributed by atoms with van der Waals surface area (Å²) in [5.41, 5.74) is 1.10. The van der Waals surface area contributed by atoms with Gasteiger partial charge in [0.05, 0.1) is 13.2 Å². The zero-order valence-corrected chi connectivity index (χ0v) is 17.3. The molecule has 1 aliphatic rings. The highest BCUT2D eigenvalue weighted by Gasteiger charge is 2.15. The first-order chi connectivity index (χ1) is 13.1. The van der Waals surface area contributed by atoms with Gasteiger partial charge in [0.15, 0.2) is 11.5 Å². The fourth-order valence-corrected chi connectivity index (χ4v) is 3.41. The van der Waals surface area contributed by atoms with Crippen LogP contribution in [0.4, 0.5) is 0 Å². The minimum absolute atomic E-state index is 0.120. The molecule has 1 aliphatic heterocycles. The molecule has 0 unspecified atom stereocenters.